The van der Waals surface area contributed by atoms with Crippen molar-refractivity contribution >= 4 is 11.3 Å². The quantitative estimate of drug-likeness (QED) is 0.903. The van der Waals surface area contributed by atoms with E-state index in [4.69, 9.17) is 0 Å². The highest BCUT2D eigenvalue weighted by molar-refractivity contribution is 7.10. The molecule has 0 bridgehead atoms. The van der Waals surface area contributed by atoms with Crippen molar-refractivity contribution < 1.29 is 0 Å². The van der Waals surface area contributed by atoms with Crippen molar-refractivity contribution in [2.45, 2.75) is 33.9 Å². The van der Waals surface area contributed by atoms with Crippen LogP contribution in [0.5, 0.6) is 0 Å². The molecule has 0 atom stereocenters. The fourth-order valence-electron chi connectivity index (χ4n) is 1.96. The summed E-state index contributed by atoms with van der Waals surface area (Å²) in [7, 11) is 2.00. The average molecular weight is 249 g/mol. The highest BCUT2D eigenvalue weighted by Crippen LogP contribution is 2.16. The molecule has 1 N–H and O–H groups in total. The summed E-state index contributed by atoms with van der Waals surface area (Å²) in [5.41, 5.74) is 5.07. The standard InChI is InChI=1S/C13H19N3S/c1-9-5-6-17-13(9)8-14-7-12-10(2)15-16(4)11(12)3/h5-6,14H,7-8H2,1-4H3. The van der Waals surface area contributed by atoms with E-state index in [-0.39, 0.29) is 0 Å². The predicted molar refractivity (Wildman–Crippen MR) is 72.3 cm³/mol. The number of thiophene rings is 1. The van der Waals surface area contributed by atoms with Gasteiger partial charge in [-0.15, -0.1) is 11.3 Å². The summed E-state index contributed by atoms with van der Waals surface area (Å²) in [6.45, 7) is 8.18. The molecule has 0 saturated heterocycles. The molecule has 0 aliphatic rings. The Morgan fingerprint density at radius 1 is 1.29 bits per heavy atom. The van der Waals surface area contributed by atoms with Gasteiger partial charge in [-0.1, -0.05) is 0 Å². The third-order valence-electron chi connectivity index (χ3n) is 3.21. The largest absolute Gasteiger partial charge is 0.308 e. The minimum Gasteiger partial charge on any atom is -0.308 e. The molecule has 2 rings (SSSR count). The summed E-state index contributed by atoms with van der Waals surface area (Å²) in [6, 6.07) is 2.17. The third kappa shape index (κ3) is 2.58. The molecule has 0 amide bonds. The smallest absolute Gasteiger partial charge is 0.0641 e. The Balaban J connectivity index is 1.97. The summed E-state index contributed by atoms with van der Waals surface area (Å²) in [5, 5.41) is 10.1. The minimum atomic E-state index is 0.892. The van der Waals surface area contributed by atoms with Gasteiger partial charge < -0.3 is 5.32 Å². The fourth-order valence-corrected chi connectivity index (χ4v) is 2.84. The number of aryl methyl sites for hydroxylation is 3. The molecule has 2 aromatic rings. The van der Waals surface area contributed by atoms with Gasteiger partial charge in [-0.05, 0) is 37.8 Å². The van der Waals surface area contributed by atoms with E-state index in [0.29, 0.717) is 0 Å². The maximum atomic E-state index is 4.42. The number of hydrogen-bond acceptors (Lipinski definition) is 3. The number of nitrogens with zero attached hydrogens (tertiary/aromatic N) is 2. The van der Waals surface area contributed by atoms with Crippen LogP contribution in [0.3, 0.4) is 0 Å². The Hall–Kier alpha value is -1.13. The molecule has 0 fully saturated rings. The van der Waals surface area contributed by atoms with Crippen molar-refractivity contribution in [2.24, 2.45) is 7.05 Å². The van der Waals surface area contributed by atoms with Crippen LogP contribution in [0, 0.1) is 20.8 Å². The van der Waals surface area contributed by atoms with Crippen LogP contribution in [0.4, 0.5) is 0 Å². The lowest BCUT2D eigenvalue weighted by Crippen LogP contribution is -2.13. The number of hydrogen-bond donors (Lipinski definition) is 1. The van der Waals surface area contributed by atoms with Gasteiger partial charge in [0.2, 0.25) is 0 Å². The van der Waals surface area contributed by atoms with Crippen LogP contribution < -0.4 is 5.32 Å². The average Bonchev–Trinajstić information content (AvgIpc) is 2.78. The van der Waals surface area contributed by atoms with Crippen molar-refractivity contribution in [3.05, 3.63) is 38.8 Å². The van der Waals surface area contributed by atoms with Crippen LogP contribution in [0.25, 0.3) is 0 Å². The maximum Gasteiger partial charge on any atom is 0.0641 e. The zero-order valence-electron chi connectivity index (χ0n) is 10.9. The van der Waals surface area contributed by atoms with Gasteiger partial charge >= 0.3 is 0 Å². The molecule has 0 aliphatic carbocycles. The van der Waals surface area contributed by atoms with Crippen LogP contribution in [0.1, 0.15) is 27.4 Å². The first kappa shape index (κ1) is 12.3. The first-order valence-corrected chi connectivity index (χ1v) is 6.70. The molecule has 0 unspecified atom stereocenters. The normalized spacial score (nSPS) is 11.1. The van der Waals surface area contributed by atoms with Crippen molar-refractivity contribution in [1.29, 1.82) is 0 Å². The van der Waals surface area contributed by atoms with Crippen molar-refractivity contribution in [3.63, 3.8) is 0 Å². The van der Waals surface area contributed by atoms with E-state index in [0.717, 1.165) is 18.8 Å². The summed E-state index contributed by atoms with van der Waals surface area (Å²) < 4.78 is 1.95. The highest BCUT2D eigenvalue weighted by Gasteiger charge is 2.08. The molecule has 0 aromatic carbocycles. The van der Waals surface area contributed by atoms with E-state index in [1.165, 1.54) is 21.7 Å². The lowest BCUT2D eigenvalue weighted by molar-refractivity contribution is 0.688. The fraction of sp³-hybridized carbons (Fsp3) is 0.462. The number of rotatable bonds is 4. The second kappa shape index (κ2) is 5.02. The molecular formula is C13H19N3S. The minimum absolute atomic E-state index is 0.892. The second-order valence-corrected chi connectivity index (χ2v) is 5.40. The lowest BCUT2D eigenvalue weighted by Gasteiger charge is -2.05. The number of aromatic nitrogens is 2. The molecule has 2 heterocycles. The van der Waals surface area contributed by atoms with Crippen LogP contribution in [0.15, 0.2) is 11.4 Å². The van der Waals surface area contributed by atoms with Gasteiger partial charge in [0.15, 0.2) is 0 Å². The van der Waals surface area contributed by atoms with Crippen LogP contribution in [-0.2, 0) is 20.1 Å². The van der Waals surface area contributed by atoms with Gasteiger partial charge in [-0.25, -0.2) is 0 Å². The van der Waals surface area contributed by atoms with E-state index in [9.17, 15) is 0 Å². The molecule has 3 nitrogen and oxygen atoms in total. The summed E-state index contributed by atoms with van der Waals surface area (Å²) in [4.78, 5) is 1.42. The van der Waals surface area contributed by atoms with E-state index >= 15 is 0 Å². The van der Waals surface area contributed by atoms with Gasteiger partial charge in [0, 0.05) is 36.3 Å². The van der Waals surface area contributed by atoms with Gasteiger partial charge in [-0.3, -0.25) is 4.68 Å². The Bertz CT molecular complexity index is 511. The van der Waals surface area contributed by atoms with Crippen molar-refractivity contribution in [3.8, 4) is 0 Å². The molecule has 0 spiro atoms. The molecule has 0 saturated carbocycles. The molecular weight excluding hydrogens is 230 g/mol. The Morgan fingerprint density at radius 2 is 2.06 bits per heavy atom. The summed E-state index contributed by atoms with van der Waals surface area (Å²) >= 11 is 1.81. The summed E-state index contributed by atoms with van der Waals surface area (Å²) in [5.74, 6) is 0. The van der Waals surface area contributed by atoms with E-state index < -0.39 is 0 Å². The molecule has 4 heteroatoms. The lowest BCUT2D eigenvalue weighted by atomic mass is 10.2. The van der Waals surface area contributed by atoms with E-state index in [1.807, 2.05) is 23.1 Å². The van der Waals surface area contributed by atoms with E-state index in [2.05, 4.69) is 42.6 Å². The highest BCUT2D eigenvalue weighted by atomic mass is 32.1. The van der Waals surface area contributed by atoms with Crippen molar-refractivity contribution in [2.75, 3.05) is 0 Å². The molecule has 92 valence electrons. The van der Waals surface area contributed by atoms with Crippen LogP contribution >= 0.6 is 11.3 Å². The SMILES string of the molecule is Cc1ccsc1CNCc1c(C)nn(C)c1C. The van der Waals surface area contributed by atoms with Gasteiger partial charge in [0.25, 0.3) is 0 Å². The maximum absolute atomic E-state index is 4.42. The zero-order valence-corrected chi connectivity index (χ0v) is 11.7. The topological polar surface area (TPSA) is 29.9 Å². The molecule has 17 heavy (non-hydrogen) atoms. The predicted octanol–water partition coefficient (Wildman–Crippen LogP) is 2.70. The monoisotopic (exact) mass is 249 g/mol. The van der Waals surface area contributed by atoms with E-state index in [1.54, 1.807) is 0 Å². The van der Waals surface area contributed by atoms with Gasteiger partial charge in [0.05, 0.1) is 5.69 Å². The molecule has 0 aliphatic heterocycles. The molecule has 0 radical (unpaired) electrons. The Kier molecular flexibility index (Phi) is 3.64. The second-order valence-electron chi connectivity index (χ2n) is 4.40. The molecule has 2 aromatic heterocycles. The Morgan fingerprint density at radius 3 is 2.59 bits per heavy atom. The summed E-state index contributed by atoms with van der Waals surface area (Å²) in [6.07, 6.45) is 0. The van der Waals surface area contributed by atoms with Crippen LogP contribution in [-0.4, -0.2) is 9.78 Å². The van der Waals surface area contributed by atoms with Gasteiger partial charge in [-0.2, -0.15) is 5.10 Å². The van der Waals surface area contributed by atoms with Crippen LogP contribution in [0.2, 0.25) is 0 Å². The van der Waals surface area contributed by atoms with Crippen molar-refractivity contribution in [1.82, 2.24) is 15.1 Å². The number of nitrogens with one attached hydrogen (secondary N) is 1. The third-order valence-corrected chi connectivity index (χ3v) is 4.24. The first-order chi connectivity index (χ1) is 8.09. The Labute approximate surface area is 106 Å². The van der Waals surface area contributed by atoms with Gasteiger partial charge in [0.1, 0.15) is 0 Å². The zero-order chi connectivity index (χ0) is 12.4. The first-order valence-electron chi connectivity index (χ1n) is 5.82.